The molecule has 0 amide bonds. The highest BCUT2D eigenvalue weighted by Crippen LogP contribution is 2.38. The van der Waals surface area contributed by atoms with E-state index >= 15 is 0 Å². The van der Waals surface area contributed by atoms with E-state index in [0.717, 1.165) is 11.4 Å². The van der Waals surface area contributed by atoms with Crippen molar-refractivity contribution in [3.8, 4) is 0 Å². The third-order valence-electron chi connectivity index (χ3n) is 5.30. The Bertz CT molecular complexity index is 227. The molecule has 18 heavy (non-hydrogen) atoms. The second-order valence-electron chi connectivity index (χ2n) is 7.15. The predicted molar refractivity (Wildman–Crippen MR) is 85.5 cm³/mol. The van der Waals surface area contributed by atoms with Gasteiger partial charge in [-0.1, -0.05) is 43.6 Å². The van der Waals surface area contributed by atoms with E-state index in [0.29, 0.717) is 10.8 Å². The van der Waals surface area contributed by atoms with Crippen LogP contribution in [-0.4, -0.2) is 29.9 Å². The lowest BCUT2D eigenvalue weighted by atomic mass is 9.74. The van der Waals surface area contributed by atoms with Crippen LogP contribution < -0.4 is 0 Å². The van der Waals surface area contributed by atoms with Gasteiger partial charge in [0.1, 0.15) is 0 Å². The summed E-state index contributed by atoms with van der Waals surface area (Å²) >= 11 is 3.74. The zero-order valence-corrected chi connectivity index (χ0v) is 14.6. The van der Waals surface area contributed by atoms with Gasteiger partial charge < -0.3 is 4.90 Å². The minimum Gasteiger partial charge on any atom is -0.303 e. The average molecular weight is 318 g/mol. The number of nitrogens with zero attached hydrogens (tertiary/aromatic N) is 1. The lowest BCUT2D eigenvalue weighted by Crippen LogP contribution is -2.44. The highest BCUT2D eigenvalue weighted by Gasteiger charge is 2.32. The Balaban J connectivity index is 2.53. The molecule has 1 rings (SSSR count). The highest BCUT2D eigenvalue weighted by molar-refractivity contribution is 9.09. The summed E-state index contributed by atoms with van der Waals surface area (Å²) in [6.07, 6.45) is 8.10. The highest BCUT2D eigenvalue weighted by atomic mass is 79.9. The third-order valence-corrected chi connectivity index (χ3v) is 6.49. The summed E-state index contributed by atoms with van der Waals surface area (Å²) in [6.45, 7) is 10.8. The quantitative estimate of drug-likeness (QED) is 0.617. The minimum atomic E-state index is 0.474. The van der Waals surface area contributed by atoms with Crippen LogP contribution in [0.25, 0.3) is 0 Å². The first-order chi connectivity index (χ1) is 8.38. The largest absolute Gasteiger partial charge is 0.303 e. The Labute approximate surface area is 123 Å². The van der Waals surface area contributed by atoms with Gasteiger partial charge in [0.15, 0.2) is 0 Å². The molecule has 0 radical (unpaired) electrons. The lowest BCUT2D eigenvalue weighted by Gasteiger charge is -2.42. The molecule has 0 spiro atoms. The van der Waals surface area contributed by atoms with Crippen molar-refractivity contribution in [1.82, 2.24) is 4.90 Å². The molecule has 0 aromatic rings. The molecule has 0 atom stereocenters. The van der Waals surface area contributed by atoms with Gasteiger partial charge in [-0.15, -0.1) is 0 Å². The first-order valence-electron chi connectivity index (χ1n) is 7.64. The first-order valence-corrected chi connectivity index (χ1v) is 8.76. The van der Waals surface area contributed by atoms with E-state index in [1.54, 1.807) is 0 Å². The van der Waals surface area contributed by atoms with Crippen molar-refractivity contribution in [3.05, 3.63) is 0 Å². The zero-order valence-electron chi connectivity index (χ0n) is 13.1. The molecule has 0 aromatic carbocycles. The van der Waals surface area contributed by atoms with Gasteiger partial charge in [0, 0.05) is 17.9 Å². The van der Waals surface area contributed by atoms with Gasteiger partial charge in [0.2, 0.25) is 0 Å². The molecule has 1 aliphatic carbocycles. The van der Waals surface area contributed by atoms with Gasteiger partial charge in [0.25, 0.3) is 0 Å². The van der Waals surface area contributed by atoms with Crippen LogP contribution in [0, 0.1) is 10.8 Å². The van der Waals surface area contributed by atoms with Crippen LogP contribution >= 0.6 is 15.9 Å². The van der Waals surface area contributed by atoms with E-state index in [1.807, 2.05) is 0 Å². The fraction of sp³-hybridized carbons (Fsp3) is 1.00. The molecule has 0 heterocycles. The van der Waals surface area contributed by atoms with Gasteiger partial charge in [0.05, 0.1) is 0 Å². The molecule has 0 bridgehead atoms. The summed E-state index contributed by atoms with van der Waals surface area (Å²) in [5.74, 6) is 0. The van der Waals surface area contributed by atoms with Gasteiger partial charge in [-0.3, -0.25) is 0 Å². The van der Waals surface area contributed by atoms with Crippen LogP contribution in [0.5, 0.6) is 0 Å². The summed E-state index contributed by atoms with van der Waals surface area (Å²) in [7, 11) is 2.34. The van der Waals surface area contributed by atoms with E-state index in [9.17, 15) is 0 Å². The van der Waals surface area contributed by atoms with Crippen LogP contribution in [0.3, 0.4) is 0 Å². The molecule has 1 aliphatic rings. The lowest BCUT2D eigenvalue weighted by molar-refractivity contribution is 0.0882. The fourth-order valence-corrected chi connectivity index (χ4v) is 4.16. The first kappa shape index (κ1) is 16.5. The number of hydrogen-bond acceptors (Lipinski definition) is 1. The molecule has 0 unspecified atom stereocenters. The maximum Gasteiger partial charge on any atom is 0.01000 e. The predicted octanol–water partition coefficient (Wildman–Crippen LogP) is 5.09. The summed E-state index contributed by atoms with van der Waals surface area (Å²) < 4.78 is 0. The van der Waals surface area contributed by atoms with Crippen molar-refractivity contribution in [2.45, 2.75) is 72.3 Å². The summed E-state index contributed by atoms with van der Waals surface area (Å²) in [5.41, 5.74) is 1.06. The Morgan fingerprint density at radius 3 is 2.06 bits per heavy atom. The molecule has 0 N–H and O–H groups in total. The molecular weight excluding hydrogens is 286 g/mol. The second-order valence-corrected chi connectivity index (χ2v) is 7.71. The van der Waals surface area contributed by atoms with Crippen LogP contribution in [0.1, 0.15) is 66.2 Å². The van der Waals surface area contributed by atoms with Crippen molar-refractivity contribution in [1.29, 1.82) is 0 Å². The average Bonchev–Trinajstić information content (AvgIpc) is 2.36. The Morgan fingerprint density at radius 2 is 1.67 bits per heavy atom. The fourth-order valence-electron chi connectivity index (χ4n) is 3.19. The maximum atomic E-state index is 3.74. The molecule has 0 aromatic heterocycles. The molecule has 108 valence electrons. The van der Waals surface area contributed by atoms with Gasteiger partial charge in [-0.25, -0.2) is 0 Å². The number of alkyl halides is 1. The minimum absolute atomic E-state index is 0.474. The SMILES string of the molecule is CCC(CC)(CBr)CN(C)C1CCC(C)(C)CC1. The molecule has 1 nitrogen and oxygen atoms in total. The normalized spacial score (nSPS) is 21.5. The van der Waals surface area contributed by atoms with Crippen molar-refractivity contribution in [2.24, 2.45) is 10.8 Å². The summed E-state index contributed by atoms with van der Waals surface area (Å²) in [6, 6.07) is 0.814. The molecular formula is C16H32BrN. The molecule has 2 heteroatoms. The number of rotatable bonds is 6. The van der Waals surface area contributed by atoms with E-state index < -0.39 is 0 Å². The zero-order chi connectivity index (χ0) is 13.8. The van der Waals surface area contributed by atoms with E-state index in [-0.39, 0.29) is 0 Å². The second kappa shape index (κ2) is 6.74. The number of halogens is 1. The van der Waals surface area contributed by atoms with Crippen molar-refractivity contribution >= 4 is 15.9 Å². The maximum absolute atomic E-state index is 3.74. The van der Waals surface area contributed by atoms with Crippen molar-refractivity contribution in [2.75, 3.05) is 18.9 Å². The van der Waals surface area contributed by atoms with Crippen molar-refractivity contribution in [3.63, 3.8) is 0 Å². The molecule has 1 fully saturated rings. The van der Waals surface area contributed by atoms with Crippen LogP contribution in [-0.2, 0) is 0 Å². The van der Waals surface area contributed by atoms with Gasteiger partial charge in [-0.2, -0.15) is 0 Å². The smallest absolute Gasteiger partial charge is 0.01000 e. The molecule has 0 saturated heterocycles. The Kier molecular flexibility index (Phi) is 6.18. The van der Waals surface area contributed by atoms with Crippen LogP contribution in [0.4, 0.5) is 0 Å². The molecule has 0 aliphatic heterocycles. The Morgan fingerprint density at radius 1 is 1.17 bits per heavy atom. The third kappa shape index (κ3) is 4.23. The Hall–Kier alpha value is 0.440. The monoisotopic (exact) mass is 317 g/mol. The van der Waals surface area contributed by atoms with E-state index in [4.69, 9.17) is 0 Å². The van der Waals surface area contributed by atoms with Crippen LogP contribution in [0.15, 0.2) is 0 Å². The van der Waals surface area contributed by atoms with Gasteiger partial charge in [-0.05, 0) is 56.4 Å². The molecule has 1 saturated carbocycles. The topological polar surface area (TPSA) is 3.24 Å². The standard InChI is InChI=1S/C16H32BrN/c1-6-16(7-2,12-17)13-18(5)14-8-10-15(3,4)11-9-14/h14H,6-13H2,1-5H3. The summed E-state index contributed by atoms with van der Waals surface area (Å²) in [4.78, 5) is 2.64. The summed E-state index contributed by atoms with van der Waals surface area (Å²) in [5, 5.41) is 1.13. The van der Waals surface area contributed by atoms with E-state index in [1.165, 1.54) is 45.1 Å². The van der Waals surface area contributed by atoms with Crippen LogP contribution in [0.2, 0.25) is 0 Å². The number of hydrogen-bond donors (Lipinski definition) is 0. The van der Waals surface area contributed by atoms with E-state index in [2.05, 4.69) is 55.6 Å². The van der Waals surface area contributed by atoms with Crippen molar-refractivity contribution < 1.29 is 0 Å². The van der Waals surface area contributed by atoms with Gasteiger partial charge >= 0.3 is 0 Å².